The summed E-state index contributed by atoms with van der Waals surface area (Å²) in [5.41, 5.74) is 0.194. The predicted molar refractivity (Wildman–Crippen MR) is 108 cm³/mol. The molecule has 2 aliphatic rings. The van der Waals surface area contributed by atoms with Crippen molar-refractivity contribution in [2.75, 3.05) is 10.6 Å². The number of hydrogen-bond donors (Lipinski definition) is 2. The van der Waals surface area contributed by atoms with Crippen LogP contribution in [0.15, 0.2) is 18.2 Å². The van der Waals surface area contributed by atoms with Crippen molar-refractivity contribution in [3.8, 4) is 11.8 Å². The van der Waals surface area contributed by atoms with E-state index in [1.54, 1.807) is 18.2 Å². The normalized spacial score (nSPS) is 20.7. The lowest BCUT2D eigenvalue weighted by Crippen LogP contribution is -2.56. The molecule has 0 saturated carbocycles. The van der Waals surface area contributed by atoms with E-state index in [4.69, 9.17) is 16.3 Å². The number of nitrogens with one attached hydrogen (secondary N) is 2. The van der Waals surface area contributed by atoms with Gasteiger partial charge in [-0.3, -0.25) is 9.59 Å². The zero-order valence-corrected chi connectivity index (χ0v) is 16.8. The molecule has 0 radical (unpaired) electrons. The second-order valence-electron chi connectivity index (χ2n) is 7.06. The fourth-order valence-corrected chi connectivity index (χ4v) is 4.92. The Morgan fingerprint density at radius 3 is 2.93 bits per heavy atom. The molecule has 2 N–H and O–H groups in total. The number of ether oxygens (including phenoxy) is 1. The van der Waals surface area contributed by atoms with Gasteiger partial charge in [0.1, 0.15) is 16.8 Å². The minimum atomic E-state index is -1.76. The van der Waals surface area contributed by atoms with Gasteiger partial charge in [-0.1, -0.05) is 18.0 Å². The standard InChI is InChI=1S/C20H18ClN3O3S/c1-20(18(25)23-14-9-11(21)7-8-15(14)27-20)19(26)24-17-13(10-22)12-5-3-2-4-6-16(12)28-17/h7-9H,2-6H2,1H3,(H,23,25)(H,24,26). The van der Waals surface area contributed by atoms with Crippen LogP contribution in [0.1, 0.15) is 42.2 Å². The summed E-state index contributed by atoms with van der Waals surface area (Å²) < 4.78 is 5.76. The first-order valence-corrected chi connectivity index (χ1v) is 10.3. The first kappa shape index (κ1) is 18.8. The highest BCUT2D eigenvalue weighted by Crippen LogP contribution is 2.39. The first-order chi connectivity index (χ1) is 13.4. The Labute approximate surface area is 171 Å². The molecule has 2 aromatic rings. The fourth-order valence-electron chi connectivity index (χ4n) is 3.52. The third-order valence-electron chi connectivity index (χ3n) is 5.13. The van der Waals surface area contributed by atoms with Crippen molar-refractivity contribution in [3.05, 3.63) is 39.2 Å². The third-order valence-corrected chi connectivity index (χ3v) is 6.57. The zero-order valence-electron chi connectivity index (χ0n) is 15.2. The average molecular weight is 416 g/mol. The van der Waals surface area contributed by atoms with Gasteiger partial charge in [0, 0.05) is 9.90 Å². The number of carbonyl (C=O) groups is 2. The minimum Gasteiger partial charge on any atom is -0.466 e. The summed E-state index contributed by atoms with van der Waals surface area (Å²) in [5, 5.41) is 16.0. The molecule has 8 heteroatoms. The largest absolute Gasteiger partial charge is 0.466 e. The van der Waals surface area contributed by atoms with Gasteiger partial charge in [0.25, 0.3) is 17.4 Å². The molecule has 144 valence electrons. The fraction of sp³-hybridized carbons (Fsp3) is 0.350. The number of amides is 2. The maximum Gasteiger partial charge on any atom is 0.278 e. The van der Waals surface area contributed by atoms with E-state index in [1.807, 2.05) is 0 Å². The summed E-state index contributed by atoms with van der Waals surface area (Å²) >= 11 is 7.37. The van der Waals surface area contributed by atoms with Gasteiger partial charge in [-0.25, -0.2) is 0 Å². The molecular formula is C20H18ClN3O3S. The van der Waals surface area contributed by atoms with Crippen LogP contribution >= 0.6 is 22.9 Å². The molecule has 0 fully saturated rings. The predicted octanol–water partition coefficient (Wildman–Crippen LogP) is 4.27. The van der Waals surface area contributed by atoms with E-state index in [1.165, 1.54) is 18.3 Å². The van der Waals surface area contributed by atoms with E-state index in [0.29, 0.717) is 27.0 Å². The van der Waals surface area contributed by atoms with E-state index in [-0.39, 0.29) is 0 Å². The van der Waals surface area contributed by atoms with Crippen LogP contribution in [0.25, 0.3) is 0 Å². The van der Waals surface area contributed by atoms with Gasteiger partial charge in [-0.15, -0.1) is 11.3 Å². The molecule has 6 nitrogen and oxygen atoms in total. The van der Waals surface area contributed by atoms with Gasteiger partial charge in [0.15, 0.2) is 0 Å². The quantitative estimate of drug-likeness (QED) is 0.566. The molecule has 1 aromatic heterocycles. The number of halogens is 1. The molecule has 0 spiro atoms. The summed E-state index contributed by atoms with van der Waals surface area (Å²) in [6.07, 6.45) is 5.01. The van der Waals surface area contributed by atoms with E-state index in [0.717, 1.165) is 42.5 Å². The van der Waals surface area contributed by atoms with Crippen LogP contribution in [0.5, 0.6) is 5.75 Å². The summed E-state index contributed by atoms with van der Waals surface area (Å²) in [6.45, 7) is 1.42. The number of fused-ring (bicyclic) bond motifs is 2. The van der Waals surface area contributed by atoms with Gasteiger partial charge in [-0.05, 0) is 56.4 Å². The van der Waals surface area contributed by atoms with Crippen molar-refractivity contribution in [3.63, 3.8) is 0 Å². The van der Waals surface area contributed by atoms with Crippen molar-refractivity contribution in [1.29, 1.82) is 5.26 Å². The van der Waals surface area contributed by atoms with E-state index in [9.17, 15) is 14.9 Å². The van der Waals surface area contributed by atoms with Crippen molar-refractivity contribution in [2.45, 2.75) is 44.6 Å². The molecule has 28 heavy (non-hydrogen) atoms. The van der Waals surface area contributed by atoms with Crippen molar-refractivity contribution >= 4 is 45.4 Å². The molecule has 1 aliphatic carbocycles. The van der Waals surface area contributed by atoms with Crippen LogP contribution in [0.2, 0.25) is 5.02 Å². The van der Waals surface area contributed by atoms with E-state index < -0.39 is 17.4 Å². The monoisotopic (exact) mass is 415 g/mol. The maximum absolute atomic E-state index is 13.0. The summed E-state index contributed by atoms with van der Waals surface area (Å²) in [5.74, 6) is -0.834. The molecular weight excluding hydrogens is 398 g/mol. The van der Waals surface area contributed by atoms with E-state index in [2.05, 4.69) is 16.7 Å². The highest BCUT2D eigenvalue weighted by Gasteiger charge is 2.47. The summed E-state index contributed by atoms with van der Waals surface area (Å²) in [6, 6.07) is 7.02. The van der Waals surface area contributed by atoms with Crippen LogP contribution in [0.4, 0.5) is 10.7 Å². The minimum absolute atomic E-state index is 0.365. The Hall–Kier alpha value is -2.56. The number of nitriles is 1. The second kappa shape index (κ2) is 7.12. The van der Waals surface area contributed by atoms with Crippen molar-refractivity contribution in [2.24, 2.45) is 0 Å². The molecule has 2 heterocycles. The zero-order chi connectivity index (χ0) is 19.9. The number of carbonyl (C=O) groups excluding carboxylic acids is 2. The van der Waals surface area contributed by atoms with Crippen LogP contribution in [0, 0.1) is 11.3 Å². The number of hydrogen-bond acceptors (Lipinski definition) is 5. The number of anilines is 2. The third kappa shape index (κ3) is 3.13. The first-order valence-electron chi connectivity index (χ1n) is 9.08. The smallest absolute Gasteiger partial charge is 0.278 e. The topological polar surface area (TPSA) is 91.2 Å². The average Bonchev–Trinajstić information content (AvgIpc) is 2.82. The van der Waals surface area contributed by atoms with Crippen LogP contribution in [-0.4, -0.2) is 17.4 Å². The summed E-state index contributed by atoms with van der Waals surface area (Å²) in [4.78, 5) is 26.8. The SMILES string of the molecule is CC1(C(=O)Nc2sc3c(c2C#N)CCCCC3)Oc2ccc(Cl)cc2NC1=O. The Bertz CT molecular complexity index is 1030. The number of thiophene rings is 1. The van der Waals surface area contributed by atoms with Gasteiger partial charge in [0.05, 0.1) is 11.3 Å². The maximum atomic E-state index is 13.0. The van der Waals surface area contributed by atoms with Crippen LogP contribution in [-0.2, 0) is 22.4 Å². The van der Waals surface area contributed by atoms with Gasteiger partial charge in [-0.2, -0.15) is 5.26 Å². The Kier molecular flexibility index (Phi) is 4.77. The molecule has 0 bridgehead atoms. The van der Waals surface area contributed by atoms with E-state index >= 15 is 0 Å². The molecule has 2 amide bonds. The van der Waals surface area contributed by atoms with Crippen molar-refractivity contribution < 1.29 is 14.3 Å². The molecule has 1 aliphatic heterocycles. The lowest BCUT2D eigenvalue weighted by atomic mass is 10.0. The Balaban J connectivity index is 1.63. The lowest BCUT2D eigenvalue weighted by Gasteiger charge is -2.33. The molecule has 1 unspecified atom stereocenters. The van der Waals surface area contributed by atoms with Crippen LogP contribution < -0.4 is 15.4 Å². The number of aryl methyl sites for hydroxylation is 1. The van der Waals surface area contributed by atoms with Crippen LogP contribution in [0.3, 0.4) is 0 Å². The highest BCUT2D eigenvalue weighted by molar-refractivity contribution is 7.16. The summed E-state index contributed by atoms with van der Waals surface area (Å²) in [7, 11) is 0. The van der Waals surface area contributed by atoms with Gasteiger partial charge >= 0.3 is 0 Å². The molecule has 4 rings (SSSR count). The molecule has 0 saturated heterocycles. The lowest BCUT2D eigenvalue weighted by molar-refractivity contribution is -0.143. The molecule has 1 aromatic carbocycles. The van der Waals surface area contributed by atoms with Crippen molar-refractivity contribution in [1.82, 2.24) is 0 Å². The number of benzene rings is 1. The Morgan fingerprint density at radius 2 is 2.14 bits per heavy atom. The second-order valence-corrected chi connectivity index (χ2v) is 8.61. The number of nitrogens with zero attached hydrogens (tertiary/aromatic N) is 1. The Morgan fingerprint density at radius 1 is 1.36 bits per heavy atom. The number of rotatable bonds is 2. The van der Waals surface area contributed by atoms with Gasteiger partial charge in [0.2, 0.25) is 0 Å². The van der Waals surface area contributed by atoms with Gasteiger partial charge < -0.3 is 15.4 Å². The molecule has 1 atom stereocenters. The highest BCUT2D eigenvalue weighted by atomic mass is 35.5.